The maximum absolute atomic E-state index is 12.3. The van der Waals surface area contributed by atoms with Crippen LogP contribution < -0.4 is 4.72 Å². The fourth-order valence-corrected chi connectivity index (χ4v) is 3.70. The van der Waals surface area contributed by atoms with Gasteiger partial charge >= 0.3 is 0 Å². The van der Waals surface area contributed by atoms with Gasteiger partial charge in [0, 0.05) is 6.54 Å². The lowest BCUT2D eigenvalue weighted by molar-refractivity contribution is 0.584. The average Bonchev–Trinajstić information content (AvgIpc) is 2.31. The van der Waals surface area contributed by atoms with E-state index in [-0.39, 0.29) is 6.54 Å². The second-order valence-corrected chi connectivity index (χ2v) is 6.30. The first-order valence-electron chi connectivity index (χ1n) is 5.91. The molecule has 0 aliphatic heterocycles. The van der Waals surface area contributed by atoms with Crippen LogP contribution in [0, 0.1) is 34.6 Å². The van der Waals surface area contributed by atoms with Crippen LogP contribution in [0.5, 0.6) is 0 Å². The molecule has 0 saturated heterocycles. The topological polar surface area (TPSA) is 46.2 Å². The number of nitrogens with one attached hydrogen (secondary N) is 1. The number of rotatable bonds is 4. The molecule has 0 amide bonds. The first-order valence-corrected chi connectivity index (χ1v) is 7.39. The van der Waals surface area contributed by atoms with Crippen LogP contribution in [0.1, 0.15) is 27.8 Å². The summed E-state index contributed by atoms with van der Waals surface area (Å²) < 4.78 is 27.1. The minimum Gasteiger partial charge on any atom is -0.207 e. The van der Waals surface area contributed by atoms with E-state index >= 15 is 0 Å². The van der Waals surface area contributed by atoms with Gasteiger partial charge < -0.3 is 0 Å². The van der Waals surface area contributed by atoms with Crippen LogP contribution in [0.25, 0.3) is 0 Å². The molecule has 4 heteroatoms. The SMILES string of the molecule is C=CCNS(=O)(=O)c1c(C)c(C)c(C)c(C)c1C. The molecule has 18 heavy (non-hydrogen) atoms. The number of hydrogen-bond acceptors (Lipinski definition) is 2. The molecule has 0 unspecified atom stereocenters. The van der Waals surface area contributed by atoms with E-state index in [9.17, 15) is 8.42 Å². The summed E-state index contributed by atoms with van der Waals surface area (Å²) in [7, 11) is -3.47. The monoisotopic (exact) mass is 267 g/mol. The highest BCUT2D eigenvalue weighted by Gasteiger charge is 2.22. The van der Waals surface area contributed by atoms with Crippen molar-refractivity contribution in [3.63, 3.8) is 0 Å². The van der Waals surface area contributed by atoms with Crippen LogP contribution in [0.15, 0.2) is 17.6 Å². The van der Waals surface area contributed by atoms with Crippen molar-refractivity contribution in [2.75, 3.05) is 6.54 Å². The minimum absolute atomic E-state index is 0.243. The lowest BCUT2D eigenvalue weighted by Gasteiger charge is -2.18. The molecule has 0 spiro atoms. The van der Waals surface area contributed by atoms with Crippen molar-refractivity contribution in [3.05, 3.63) is 40.5 Å². The molecule has 1 N–H and O–H groups in total. The summed E-state index contributed by atoms with van der Waals surface area (Å²) in [6, 6.07) is 0. The molecule has 0 aliphatic rings. The van der Waals surface area contributed by atoms with Crippen molar-refractivity contribution < 1.29 is 8.42 Å². The van der Waals surface area contributed by atoms with Crippen molar-refractivity contribution in [3.8, 4) is 0 Å². The first-order chi connectivity index (χ1) is 8.24. The molecule has 0 aromatic heterocycles. The van der Waals surface area contributed by atoms with Crippen LogP contribution in [-0.4, -0.2) is 15.0 Å². The van der Waals surface area contributed by atoms with Crippen LogP contribution in [0.4, 0.5) is 0 Å². The molecule has 0 saturated carbocycles. The smallest absolute Gasteiger partial charge is 0.207 e. The summed E-state index contributed by atoms with van der Waals surface area (Å²) in [6.07, 6.45) is 1.54. The third-order valence-electron chi connectivity index (χ3n) is 3.62. The Bertz CT molecular complexity index is 557. The van der Waals surface area contributed by atoms with Crippen molar-refractivity contribution in [1.29, 1.82) is 0 Å². The molecular formula is C14H21NO2S. The highest BCUT2D eigenvalue weighted by atomic mass is 32.2. The molecule has 100 valence electrons. The van der Waals surface area contributed by atoms with Crippen LogP contribution in [0.2, 0.25) is 0 Å². The van der Waals surface area contributed by atoms with Gasteiger partial charge in [-0.1, -0.05) is 6.08 Å². The lowest BCUT2D eigenvalue weighted by Crippen LogP contribution is -2.26. The quantitative estimate of drug-likeness (QED) is 0.853. The van der Waals surface area contributed by atoms with Gasteiger partial charge in [-0.15, -0.1) is 6.58 Å². The third kappa shape index (κ3) is 2.49. The highest BCUT2D eigenvalue weighted by Crippen LogP contribution is 2.29. The summed E-state index contributed by atoms with van der Waals surface area (Å²) in [5, 5.41) is 0. The maximum atomic E-state index is 12.3. The lowest BCUT2D eigenvalue weighted by atomic mass is 9.95. The van der Waals surface area contributed by atoms with E-state index in [0.29, 0.717) is 4.90 Å². The summed E-state index contributed by atoms with van der Waals surface area (Å²) in [6.45, 7) is 13.4. The van der Waals surface area contributed by atoms with Gasteiger partial charge in [-0.05, 0) is 62.4 Å². The molecule has 0 atom stereocenters. The Labute approximate surface area is 110 Å². The Hall–Kier alpha value is -1.13. The van der Waals surface area contributed by atoms with Crippen molar-refractivity contribution in [2.45, 2.75) is 39.5 Å². The zero-order valence-electron chi connectivity index (χ0n) is 11.7. The standard InChI is InChI=1S/C14H21NO2S/c1-7-8-15-18(16,17)14-12(5)10(3)9(2)11(4)13(14)6/h7,15H,1,8H2,2-6H3. The van der Waals surface area contributed by atoms with Gasteiger partial charge in [0.2, 0.25) is 10.0 Å². The number of benzene rings is 1. The molecule has 0 fully saturated rings. The van der Waals surface area contributed by atoms with E-state index in [0.717, 1.165) is 27.8 Å². The molecule has 1 aromatic carbocycles. The van der Waals surface area contributed by atoms with Gasteiger partial charge in [0.15, 0.2) is 0 Å². The largest absolute Gasteiger partial charge is 0.241 e. The Balaban J connectivity index is 3.56. The molecule has 0 radical (unpaired) electrons. The third-order valence-corrected chi connectivity index (χ3v) is 5.31. The Morgan fingerprint density at radius 3 is 1.72 bits per heavy atom. The summed E-state index contributed by atoms with van der Waals surface area (Å²) in [4.78, 5) is 0.407. The zero-order valence-corrected chi connectivity index (χ0v) is 12.5. The van der Waals surface area contributed by atoms with Gasteiger partial charge in [0.25, 0.3) is 0 Å². The predicted octanol–water partition coefficient (Wildman–Crippen LogP) is 2.69. The summed E-state index contributed by atoms with van der Waals surface area (Å²) in [5.74, 6) is 0. The molecule has 0 bridgehead atoms. The van der Waals surface area contributed by atoms with Gasteiger partial charge in [-0.2, -0.15) is 0 Å². The van der Waals surface area contributed by atoms with E-state index < -0.39 is 10.0 Å². The van der Waals surface area contributed by atoms with Gasteiger partial charge in [0.1, 0.15) is 0 Å². The average molecular weight is 267 g/mol. The molecule has 0 aliphatic carbocycles. The van der Waals surface area contributed by atoms with E-state index in [1.807, 2.05) is 34.6 Å². The fourth-order valence-electron chi connectivity index (χ4n) is 2.11. The van der Waals surface area contributed by atoms with E-state index in [1.165, 1.54) is 6.08 Å². The highest BCUT2D eigenvalue weighted by molar-refractivity contribution is 7.89. The molecule has 1 rings (SSSR count). The second-order valence-electron chi connectivity index (χ2n) is 4.59. The summed E-state index contributed by atoms with van der Waals surface area (Å²) in [5.41, 5.74) is 4.89. The fraction of sp³-hybridized carbons (Fsp3) is 0.429. The Kier molecular flexibility index (Phi) is 4.35. The van der Waals surface area contributed by atoms with Crippen molar-refractivity contribution in [1.82, 2.24) is 4.72 Å². The minimum atomic E-state index is -3.47. The predicted molar refractivity (Wildman–Crippen MR) is 75.5 cm³/mol. The molecule has 0 heterocycles. The normalized spacial score (nSPS) is 11.6. The van der Waals surface area contributed by atoms with Gasteiger partial charge in [-0.25, -0.2) is 13.1 Å². The van der Waals surface area contributed by atoms with E-state index in [1.54, 1.807) is 0 Å². The van der Waals surface area contributed by atoms with Crippen molar-refractivity contribution in [2.24, 2.45) is 0 Å². The summed E-state index contributed by atoms with van der Waals surface area (Å²) >= 11 is 0. The van der Waals surface area contributed by atoms with Gasteiger partial charge in [-0.3, -0.25) is 0 Å². The number of hydrogen-bond donors (Lipinski definition) is 1. The number of sulfonamides is 1. The van der Waals surface area contributed by atoms with E-state index in [2.05, 4.69) is 11.3 Å². The first kappa shape index (κ1) is 14.9. The Morgan fingerprint density at radius 1 is 0.944 bits per heavy atom. The van der Waals surface area contributed by atoms with Crippen LogP contribution in [-0.2, 0) is 10.0 Å². The van der Waals surface area contributed by atoms with Crippen molar-refractivity contribution >= 4 is 10.0 Å². The zero-order chi connectivity index (χ0) is 14.1. The van der Waals surface area contributed by atoms with Crippen LogP contribution >= 0.6 is 0 Å². The second kappa shape index (κ2) is 5.24. The molecule has 3 nitrogen and oxygen atoms in total. The Morgan fingerprint density at radius 2 is 1.33 bits per heavy atom. The molecule has 1 aromatic rings. The van der Waals surface area contributed by atoms with E-state index in [4.69, 9.17) is 0 Å². The van der Waals surface area contributed by atoms with Gasteiger partial charge in [0.05, 0.1) is 4.90 Å². The maximum Gasteiger partial charge on any atom is 0.241 e. The van der Waals surface area contributed by atoms with Crippen LogP contribution in [0.3, 0.4) is 0 Å². The molecular weight excluding hydrogens is 246 g/mol.